The number of benzene rings is 1. The van der Waals surface area contributed by atoms with Crippen LogP contribution in [0, 0.1) is 0 Å². The van der Waals surface area contributed by atoms with Gasteiger partial charge in [-0.3, -0.25) is 0 Å². The van der Waals surface area contributed by atoms with Crippen molar-refractivity contribution < 1.29 is 0 Å². The Morgan fingerprint density at radius 1 is 1.26 bits per heavy atom. The van der Waals surface area contributed by atoms with Gasteiger partial charge in [0.05, 0.1) is 0 Å². The van der Waals surface area contributed by atoms with Gasteiger partial charge >= 0.3 is 0 Å². The van der Waals surface area contributed by atoms with Crippen molar-refractivity contribution >= 4 is 27.6 Å². The minimum absolute atomic E-state index is 0.491. The fourth-order valence-corrected chi connectivity index (χ4v) is 3.24. The third kappa shape index (κ3) is 4.20. The molecule has 1 saturated heterocycles. The zero-order valence-electron chi connectivity index (χ0n) is 13.3. The molecular weight excluding hydrogens is 354 g/mol. The molecule has 1 aromatic heterocycles. The molecule has 1 unspecified atom stereocenters. The van der Waals surface area contributed by atoms with Crippen LogP contribution in [0.4, 0.5) is 11.6 Å². The van der Waals surface area contributed by atoms with E-state index in [1.807, 2.05) is 13.1 Å². The molecule has 3 rings (SSSR count). The lowest BCUT2D eigenvalue weighted by Gasteiger charge is -2.26. The van der Waals surface area contributed by atoms with Crippen molar-refractivity contribution in [3.05, 3.63) is 46.7 Å². The number of rotatable bonds is 6. The van der Waals surface area contributed by atoms with Crippen molar-refractivity contribution in [3.63, 3.8) is 0 Å². The molecule has 23 heavy (non-hydrogen) atoms. The van der Waals surface area contributed by atoms with Gasteiger partial charge < -0.3 is 15.5 Å². The summed E-state index contributed by atoms with van der Waals surface area (Å²) >= 11 is 3.47. The highest BCUT2D eigenvalue weighted by molar-refractivity contribution is 9.10. The molecule has 2 aromatic rings. The lowest BCUT2D eigenvalue weighted by Crippen LogP contribution is -2.38. The second kappa shape index (κ2) is 7.75. The van der Waals surface area contributed by atoms with E-state index in [9.17, 15) is 0 Å². The lowest BCUT2D eigenvalue weighted by molar-refractivity contribution is 0.570. The Labute approximate surface area is 145 Å². The number of halogens is 1. The summed E-state index contributed by atoms with van der Waals surface area (Å²) in [5, 5.41) is 6.65. The molecule has 1 aliphatic heterocycles. The van der Waals surface area contributed by atoms with E-state index in [0.717, 1.165) is 35.7 Å². The maximum atomic E-state index is 4.44. The first-order chi connectivity index (χ1) is 11.3. The van der Waals surface area contributed by atoms with Crippen LogP contribution in [0.3, 0.4) is 0 Å². The number of nitrogens with zero attached hydrogens (tertiary/aromatic N) is 3. The van der Waals surface area contributed by atoms with E-state index in [0.29, 0.717) is 6.04 Å². The molecule has 122 valence electrons. The predicted molar refractivity (Wildman–Crippen MR) is 97.8 cm³/mol. The maximum absolute atomic E-state index is 4.44. The van der Waals surface area contributed by atoms with Crippen LogP contribution >= 0.6 is 15.9 Å². The number of hydrogen-bond donors (Lipinski definition) is 2. The van der Waals surface area contributed by atoms with E-state index in [-0.39, 0.29) is 0 Å². The third-order valence-electron chi connectivity index (χ3n) is 4.20. The van der Waals surface area contributed by atoms with Gasteiger partial charge in [0, 0.05) is 43.3 Å². The van der Waals surface area contributed by atoms with Crippen LogP contribution in [0.1, 0.15) is 18.4 Å². The standard InChI is InChI=1S/C17H22BrN5/c1-19-16-9-17(22-12-21-16)23-8-2-3-15(23)11-20-10-13-4-6-14(18)7-5-13/h4-7,9,12,15,20H,2-3,8,10-11H2,1H3,(H,19,21,22). The quantitative estimate of drug-likeness (QED) is 0.812. The van der Waals surface area contributed by atoms with Gasteiger partial charge in [0.2, 0.25) is 0 Å². The molecule has 1 aromatic carbocycles. The van der Waals surface area contributed by atoms with Crippen LogP contribution < -0.4 is 15.5 Å². The van der Waals surface area contributed by atoms with E-state index < -0.39 is 0 Å². The molecule has 2 N–H and O–H groups in total. The smallest absolute Gasteiger partial charge is 0.134 e. The third-order valence-corrected chi connectivity index (χ3v) is 4.73. The number of hydrogen-bond acceptors (Lipinski definition) is 5. The van der Waals surface area contributed by atoms with Gasteiger partial charge in [0.1, 0.15) is 18.0 Å². The molecule has 0 aliphatic carbocycles. The lowest BCUT2D eigenvalue weighted by atomic mass is 10.2. The largest absolute Gasteiger partial charge is 0.373 e. The molecule has 1 fully saturated rings. The van der Waals surface area contributed by atoms with Crippen LogP contribution in [0.5, 0.6) is 0 Å². The zero-order valence-corrected chi connectivity index (χ0v) is 14.9. The summed E-state index contributed by atoms with van der Waals surface area (Å²) in [7, 11) is 1.88. The summed E-state index contributed by atoms with van der Waals surface area (Å²) in [6.45, 7) is 2.92. The van der Waals surface area contributed by atoms with Gasteiger partial charge in [-0.05, 0) is 30.5 Å². The number of aromatic nitrogens is 2. The molecule has 0 amide bonds. The Kier molecular flexibility index (Phi) is 5.46. The van der Waals surface area contributed by atoms with Gasteiger partial charge in [0.25, 0.3) is 0 Å². The fourth-order valence-electron chi connectivity index (χ4n) is 2.98. The van der Waals surface area contributed by atoms with E-state index in [2.05, 4.69) is 65.7 Å². The summed E-state index contributed by atoms with van der Waals surface area (Å²) in [5.74, 6) is 1.88. The molecule has 0 spiro atoms. The minimum atomic E-state index is 0.491. The highest BCUT2D eigenvalue weighted by atomic mass is 79.9. The van der Waals surface area contributed by atoms with Gasteiger partial charge in [-0.1, -0.05) is 28.1 Å². The van der Waals surface area contributed by atoms with Crippen LogP contribution in [0.2, 0.25) is 0 Å². The topological polar surface area (TPSA) is 53.1 Å². The van der Waals surface area contributed by atoms with Crippen LogP contribution in [0.25, 0.3) is 0 Å². The van der Waals surface area contributed by atoms with Crippen molar-refractivity contribution in [2.45, 2.75) is 25.4 Å². The van der Waals surface area contributed by atoms with Crippen molar-refractivity contribution in [3.8, 4) is 0 Å². The second-order valence-corrected chi connectivity index (χ2v) is 6.67. The SMILES string of the molecule is CNc1cc(N2CCCC2CNCc2ccc(Br)cc2)ncn1. The monoisotopic (exact) mass is 375 g/mol. The Morgan fingerprint density at radius 2 is 2.09 bits per heavy atom. The predicted octanol–water partition coefficient (Wildman–Crippen LogP) is 3.04. The Bertz CT molecular complexity index is 631. The Morgan fingerprint density at radius 3 is 2.87 bits per heavy atom. The summed E-state index contributed by atoms with van der Waals surface area (Å²) in [5.41, 5.74) is 1.30. The first-order valence-corrected chi connectivity index (χ1v) is 8.77. The van der Waals surface area contributed by atoms with Crippen molar-refractivity contribution in [1.29, 1.82) is 0 Å². The van der Waals surface area contributed by atoms with E-state index in [1.54, 1.807) is 6.33 Å². The highest BCUT2D eigenvalue weighted by Crippen LogP contribution is 2.24. The fraction of sp³-hybridized carbons (Fsp3) is 0.412. The van der Waals surface area contributed by atoms with Gasteiger partial charge in [0.15, 0.2) is 0 Å². The number of nitrogens with one attached hydrogen (secondary N) is 2. The molecule has 1 atom stereocenters. The first kappa shape index (κ1) is 16.2. The summed E-state index contributed by atoms with van der Waals surface area (Å²) in [6, 6.07) is 11.0. The highest BCUT2D eigenvalue weighted by Gasteiger charge is 2.25. The van der Waals surface area contributed by atoms with Crippen molar-refractivity contribution in [2.24, 2.45) is 0 Å². The second-order valence-electron chi connectivity index (χ2n) is 5.76. The van der Waals surface area contributed by atoms with Gasteiger partial charge in [-0.15, -0.1) is 0 Å². The molecule has 6 heteroatoms. The summed E-state index contributed by atoms with van der Waals surface area (Å²) in [4.78, 5) is 11.0. The molecule has 0 bridgehead atoms. The van der Waals surface area contributed by atoms with Crippen LogP contribution in [-0.4, -0.2) is 36.1 Å². The van der Waals surface area contributed by atoms with Crippen LogP contribution in [-0.2, 0) is 6.54 Å². The maximum Gasteiger partial charge on any atom is 0.134 e. The molecular formula is C17H22BrN5. The Balaban J connectivity index is 1.57. The van der Waals surface area contributed by atoms with Crippen LogP contribution in [0.15, 0.2) is 41.1 Å². The minimum Gasteiger partial charge on any atom is -0.373 e. The average molecular weight is 376 g/mol. The van der Waals surface area contributed by atoms with E-state index in [4.69, 9.17) is 0 Å². The molecule has 5 nitrogen and oxygen atoms in total. The first-order valence-electron chi connectivity index (χ1n) is 7.98. The summed E-state index contributed by atoms with van der Waals surface area (Å²) < 4.78 is 1.12. The van der Waals surface area contributed by atoms with Gasteiger partial charge in [-0.25, -0.2) is 9.97 Å². The molecule has 2 heterocycles. The summed E-state index contributed by atoms with van der Waals surface area (Å²) in [6.07, 6.45) is 4.04. The molecule has 1 aliphatic rings. The normalized spacial score (nSPS) is 17.5. The van der Waals surface area contributed by atoms with E-state index in [1.165, 1.54) is 18.4 Å². The molecule has 0 radical (unpaired) electrons. The zero-order chi connectivity index (χ0) is 16.1. The average Bonchev–Trinajstić information content (AvgIpc) is 3.05. The Hall–Kier alpha value is -1.66. The van der Waals surface area contributed by atoms with Crippen molar-refractivity contribution in [2.75, 3.05) is 30.4 Å². The molecule has 0 saturated carbocycles. The van der Waals surface area contributed by atoms with E-state index >= 15 is 0 Å². The van der Waals surface area contributed by atoms with Gasteiger partial charge in [-0.2, -0.15) is 0 Å². The van der Waals surface area contributed by atoms with Crippen molar-refractivity contribution in [1.82, 2.24) is 15.3 Å². The number of anilines is 2.